The van der Waals surface area contributed by atoms with Gasteiger partial charge in [0.15, 0.2) is 12.1 Å². The van der Waals surface area contributed by atoms with Crippen molar-refractivity contribution < 1.29 is 14.3 Å². The SMILES string of the molecule is CCOc1ccc(OCc2nc(C=O)c3ccccn23)cc1. The van der Waals surface area contributed by atoms with Crippen LogP contribution in [0, 0.1) is 0 Å². The van der Waals surface area contributed by atoms with Crippen molar-refractivity contribution in [3.63, 3.8) is 0 Å². The molecular formula is C17H16N2O3. The number of ether oxygens (including phenoxy) is 2. The van der Waals surface area contributed by atoms with Crippen molar-refractivity contribution in [2.45, 2.75) is 13.5 Å². The number of nitrogens with zero attached hydrogens (tertiary/aromatic N) is 2. The zero-order valence-corrected chi connectivity index (χ0v) is 12.2. The quantitative estimate of drug-likeness (QED) is 0.656. The van der Waals surface area contributed by atoms with Crippen LogP contribution in [-0.2, 0) is 6.61 Å². The van der Waals surface area contributed by atoms with Crippen LogP contribution < -0.4 is 9.47 Å². The summed E-state index contributed by atoms with van der Waals surface area (Å²) in [6.45, 7) is 2.86. The molecule has 5 nitrogen and oxygen atoms in total. The number of hydrogen-bond donors (Lipinski definition) is 0. The molecule has 22 heavy (non-hydrogen) atoms. The molecule has 0 saturated heterocycles. The molecule has 3 aromatic rings. The maximum Gasteiger partial charge on any atom is 0.170 e. The number of pyridine rings is 1. The minimum Gasteiger partial charge on any atom is -0.494 e. The molecule has 0 spiro atoms. The van der Waals surface area contributed by atoms with Crippen molar-refractivity contribution >= 4 is 11.8 Å². The van der Waals surface area contributed by atoms with Gasteiger partial charge in [0.05, 0.1) is 12.1 Å². The molecule has 0 atom stereocenters. The first-order chi connectivity index (χ1) is 10.8. The van der Waals surface area contributed by atoms with E-state index in [1.807, 2.05) is 60.0 Å². The van der Waals surface area contributed by atoms with Gasteiger partial charge in [0, 0.05) is 6.20 Å². The molecule has 2 aromatic heterocycles. The third-order valence-electron chi connectivity index (χ3n) is 3.26. The number of fused-ring (bicyclic) bond motifs is 1. The molecule has 3 rings (SSSR count). The molecule has 0 saturated carbocycles. The van der Waals surface area contributed by atoms with Crippen molar-refractivity contribution in [2.24, 2.45) is 0 Å². The first kappa shape index (κ1) is 14.1. The van der Waals surface area contributed by atoms with Crippen LogP contribution >= 0.6 is 0 Å². The second-order valence-corrected chi connectivity index (χ2v) is 4.68. The lowest BCUT2D eigenvalue weighted by atomic mass is 10.3. The Morgan fingerprint density at radius 2 is 1.82 bits per heavy atom. The summed E-state index contributed by atoms with van der Waals surface area (Å²) in [5.41, 5.74) is 1.20. The summed E-state index contributed by atoms with van der Waals surface area (Å²) < 4.78 is 13.0. The highest BCUT2D eigenvalue weighted by atomic mass is 16.5. The molecule has 0 N–H and O–H groups in total. The first-order valence-electron chi connectivity index (χ1n) is 7.08. The summed E-state index contributed by atoms with van der Waals surface area (Å²) in [5, 5.41) is 0. The largest absolute Gasteiger partial charge is 0.494 e. The van der Waals surface area contributed by atoms with E-state index < -0.39 is 0 Å². The highest BCUT2D eigenvalue weighted by Crippen LogP contribution is 2.19. The van der Waals surface area contributed by atoms with Crippen LogP contribution in [0.25, 0.3) is 5.52 Å². The Kier molecular flexibility index (Phi) is 4.05. The van der Waals surface area contributed by atoms with Gasteiger partial charge in [-0.05, 0) is 43.3 Å². The highest BCUT2D eigenvalue weighted by Gasteiger charge is 2.10. The van der Waals surface area contributed by atoms with Gasteiger partial charge in [-0.2, -0.15) is 0 Å². The van der Waals surface area contributed by atoms with Gasteiger partial charge in [-0.1, -0.05) is 6.07 Å². The van der Waals surface area contributed by atoms with Crippen LogP contribution in [0.15, 0.2) is 48.7 Å². The van der Waals surface area contributed by atoms with Gasteiger partial charge in [0.1, 0.15) is 23.8 Å². The Labute approximate surface area is 128 Å². The normalized spacial score (nSPS) is 10.6. The number of aromatic nitrogens is 2. The molecule has 1 aromatic carbocycles. The van der Waals surface area contributed by atoms with Gasteiger partial charge in [-0.3, -0.25) is 4.79 Å². The molecule has 0 aliphatic rings. The molecule has 0 fully saturated rings. The summed E-state index contributed by atoms with van der Waals surface area (Å²) in [7, 11) is 0. The van der Waals surface area contributed by atoms with Crippen LogP contribution in [0.4, 0.5) is 0 Å². The van der Waals surface area contributed by atoms with Gasteiger partial charge >= 0.3 is 0 Å². The topological polar surface area (TPSA) is 52.8 Å². The van der Waals surface area contributed by atoms with E-state index in [2.05, 4.69) is 4.98 Å². The fourth-order valence-corrected chi connectivity index (χ4v) is 2.26. The van der Waals surface area contributed by atoms with Gasteiger partial charge < -0.3 is 13.9 Å². The summed E-state index contributed by atoms with van der Waals surface area (Å²) in [4.78, 5) is 15.4. The van der Waals surface area contributed by atoms with Crippen LogP contribution in [0.1, 0.15) is 23.2 Å². The maximum absolute atomic E-state index is 11.1. The zero-order valence-electron chi connectivity index (χ0n) is 12.2. The fraction of sp³-hybridized carbons (Fsp3) is 0.176. The van der Waals surface area contributed by atoms with Crippen molar-refractivity contribution in [3.8, 4) is 11.5 Å². The van der Waals surface area contributed by atoms with E-state index >= 15 is 0 Å². The average molecular weight is 296 g/mol. The predicted octanol–water partition coefficient (Wildman–Crippen LogP) is 3.12. The number of rotatable bonds is 6. The first-order valence-corrected chi connectivity index (χ1v) is 7.08. The van der Waals surface area contributed by atoms with Gasteiger partial charge in [-0.15, -0.1) is 0 Å². The lowest BCUT2D eigenvalue weighted by Gasteiger charge is -2.07. The van der Waals surface area contributed by atoms with E-state index in [0.29, 0.717) is 18.1 Å². The molecule has 5 heteroatoms. The second-order valence-electron chi connectivity index (χ2n) is 4.68. The van der Waals surface area contributed by atoms with Gasteiger partial charge in [-0.25, -0.2) is 4.98 Å². The number of carbonyl (C=O) groups excluding carboxylic acids is 1. The van der Waals surface area contributed by atoms with E-state index in [4.69, 9.17) is 9.47 Å². The number of aldehydes is 1. The van der Waals surface area contributed by atoms with Gasteiger partial charge in [0.25, 0.3) is 0 Å². The highest BCUT2D eigenvalue weighted by molar-refractivity contribution is 5.83. The predicted molar refractivity (Wildman–Crippen MR) is 82.5 cm³/mol. The van der Waals surface area contributed by atoms with E-state index in [0.717, 1.165) is 23.3 Å². The molecule has 0 unspecified atom stereocenters. The van der Waals surface area contributed by atoms with Crippen LogP contribution in [0.2, 0.25) is 0 Å². The number of benzene rings is 1. The van der Waals surface area contributed by atoms with Crippen LogP contribution in [0.3, 0.4) is 0 Å². The zero-order chi connectivity index (χ0) is 15.4. The van der Waals surface area contributed by atoms with E-state index in [1.165, 1.54) is 0 Å². The fourth-order valence-electron chi connectivity index (χ4n) is 2.26. The molecular weight excluding hydrogens is 280 g/mol. The molecule has 0 amide bonds. The molecule has 0 aliphatic heterocycles. The lowest BCUT2D eigenvalue weighted by Crippen LogP contribution is -2.01. The average Bonchev–Trinajstić information content (AvgIpc) is 2.93. The van der Waals surface area contributed by atoms with Crippen molar-refractivity contribution in [3.05, 3.63) is 60.2 Å². The molecule has 112 valence electrons. The molecule has 2 heterocycles. The summed E-state index contributed by atoms with van der Waals surface area (Å²) in [5.74, 6) is 2.22. The third kappa shape index (κ3) is 2.79. The lowest BCUT2D eigenvalue weighted by molar-refractivity contribution is 0.112. The Hall–Kier alpha value is -2.82. The molecule has 0 bridgehead atoms. The third-order valence-corrected chi connectivity index (χ3v) is 3.26. The summed E-state index contributed by atoms with van der Waals surface area (Å²) in [6, 6.07) is 13.0. The Balaban J connectivity index is 1.77. The minimum atomic E-state index is 0.285. The van der Waals surface area contributed by atoms with E-state index in [1.54, 1.807) is 0 Å². The standard InChI is InChI=1S/C17H16N2O3/c1-2-21-13-6-8-14(9-7-13)22-12-17-18-15(11-20)16-5-3-4-10-19(16)17/h3-11H,2,12H2,1H3. The van der Waals surface area contributed by atoms with E-state index in [9.17, 15) is 4.79 Å². The molecule has 0 radical (unpaired) electrons. The van der Waals surface area contributed by atoms with Crippen molar-refractivity contribution in [1.29, 1.82) is 0 Å². The van der Waals surface area contributed by atoms with Crippen molar-refractivity contribution in [2.75, 3.05) is 6.61 Å². The van der Waals surface area contributed by atoms with Crippen LogP contribution in [-0.4, -0.2) is 22.3 Å². The maximum atomic E-state index is 11.1. The Bertz CT molecular complexity index is 778. The van der Waals surface area contributed by atoms with E-state index in [-0.39, 0.29) is 6.61 Å². The second kappa shape index (κ2) is 6.30. The Morgan fingerprint density at radius 3 is 2.50 bits per heavy atom. The Morgan fingerprint density at radius 1 is 1.09 bits per heavy atom. The number of imidazole rings is 1. The minimum absolute atomic E-state index is 0.285. The summed E-state index contributed by atoms with van der Waals surface area (Å²) >= 11 is 0. The number of hydrogen-bond acceptors (Lipinski definition) is 4. The van der Waals surface area contributed by atoms with Gasteiger partial charge in [0.2, 0.25) is 0 Å². The molecule has 0 aliphatic carbocycles. The number of carbonyl (C=O) groups is 1. The van der Waals surface area contributed by atoms with Crippen molar-refractivity contribution in [1.82, 2.24) is 9.38 Å². The smallest absolute Gasteiger partial charge is 0.170 e. The summed E-state index contributed by atoms with van der Waals surface area (Å²) in [6.07, 6.45) is 2.63. The van der Waals surface area contributed by atoms with Crippen LogP contribution in [0.5, 0.6) is 11.5 Å². The monoisotopic (exact) mass is 296 g/mol.